The van der Waals surface area contributed by atoms with Gasteiger partial charge in [-0.2, -0.15) is 0 Å². The van der Waals surface area contributed by atoms with E-state index in [2.05, 4.69) is 89.9 Å². The van der Waals surface area contributed by atoms with Gasteiger partial charge in [-0.3, -0.25) is 5.32 Å². The summed E-state index contributed by atoms with van der Waals surface area (Å²) in [6.45, 7) is 4.67. The monoisotopic (exact) mass is 440 g/mol. The van der Waals surface area contributed by atoms with Crippen molar-refractivity contribution in [2.75, 3.05) is 29.9 Å². The highest BCUT2D eigenvalue weighted by molar-refractivity contribution is 5.86. The lowest BCUT2D eigenvalue weighted by molar-refractivity contribution is 0.160. The van der Waals surface area contributed by atoms with E-state index in [9.17, 15) is 4.79 Å². The van der Waals surface area contributed by atoms with Crippen molar-refractivity contribution in [3.8, 4) is 0 Å². The number of amides is 1. The van der Waals surface area contributed by atoms with Gasteiger partial charge in [0.05, 0.1) is 6.61 Å². The number of nitrogens with zero attached hydrogens (tertiary/aromatic N) is 1. The summed E-state index contributed by atoms with van der Waals surface area (Å²) in [7, 11) is 0. The van der Waals surface area contributed by atoms with Crippen molar-refractivity contribution in [1.29, 1.82) is 0 Å². The summed E-state index contributed by atoms with van der Waals surface area (Å²) in [6.07, 6.45) is 3.67. The fourth-order valence-corrected chi connectivity index (χ4v) is 5.39. The summed E-state index contributed by atoms with van der Waals surface area (Å²) < 4.78 is 5.40. The number of carbonyl (C=O) groups excluding carboxylic acids is 1. The van der Waals surface area contributed by atoms with Gasteiger partial charge in [-0.1, -0.05) is 74.0 Å². The molecule has 2 aliphatic heterocycles. The van der Waals surface area contributed by atoms with E-state index in [1.165, 1.54) is 27.9 Å². The Morgan fingerprint density at radius 2 is 1.45 bits per heavy atom. The first-order valence-corrected chi connectivity index (χ1v) is 12.2. The van der Waals surface area contributed by atoms with Gasteiger partial charge in [-0.05, 0) is 53.6 Å². The molecule has 1 amide bonds. The van der Waals surface area contributed by atoms with Crippen molar-refractivity contribution in [3.05, 3.63) is 95.1 Å². The van der Waals surface area contributed by atoms with Crippen LogP contribution in [-0.2, 0) is 4.74 Å². The number of benzene rings is 3. The van der Waals surface area contributed by atoms with Crippen molar-refractivity contribution in [2.45, 2.75) is 44.4 Å². The molecule has 0 saturated heterocycles. The van der Waals surface area contributed by atoms with E-state index in [-0.39, 0.29) is 6.09 Å². The van der Waals surface area contributed by atoms with E-state index in [4.69, 9.17) is 4.74 Å². The van der Waals surface area contributed by atoms with Crippen LogP contribution in [0, 0.1) is 0 Å². The molecular formula is C29H32N2O2. The van der Waals surface area contributed by atoms with Gasteiger partial charge in [0, 0.05) is 36.3 Å². The van der Waals surface area contributed by atoms with Crippen LogP contribution < -0.4 is 10.2 Å². The first-order valence-electron chi connectivity index (χ1n) is 12.2. The van der Waals surface area contributed by atoms with Crippen LogP contribution in [-0.4, -0.2) is 25.8 Å². The maximum atomic E-state index is 12.5. The molecule has 2 aliphatic rings. The third kappa shape index (κ3) is 4.47. The quantitative estimate of drug-likeness (QED) is 0.423. The van der Waals surface area contributed by atoms with E-state index < -0.39 is 0 Å². The molecule has 0 aromatic heterocycles. The topological polar surface area (TPSA) is 41.6 Å². The van der Waals surface area contributed by atoms with Crippen molar-refractivity contribution in [2.24, 2.45) is 0 Å². The van der Waals surface area contributed by atoms with Crippen LogP contribution in [0.4, 0.5) is 16.2 Å². The summed E-state index contributed by atoms with van der Waals surface area (Å²) in [6, 6.07) is 25.9. The predicted octanol–water partition coefficient (Wildman–Crippen LogP) is 6.91. The average Bonchev–Trinajstić information content (AvgIpc) is 2.85. The van der Waals surface area contributed by atoms with Crippen molar-refractivity contribution >= 4 is 17.5 Å². The minimum atomic E-state index is -0.369. The number of nitrogens with one attached hydrogen (secondary N) is 1. The SMILES string of the molecule is CCCCOC(=O)Nc1cc2c3c(c1)C(c1ccccc1)CCN3CCC2c1ccccc1. The molecule has 2 unspecified atom stereocenters. The highest BCUT2D eigenvalue weighted by atomic mass is 16.5. The minimum absolute atomic E-state index is 0.323. The van der Waals surface area contributed by atoms with Gasteiger partial charge >= 0.3 is 6.09 Å². The number of unbranched alkanes of at least 4 members (excludes halogenated alkanes) is 1. The van der Waals surface area contributed by atoms with Crippen LogP contribution >= 0.6 is 0 Å². The maximum Gasteiger partial charge on any atom is 0.411 e. The molecule has 0 spiro atoms. The highest BCUT2D eigenvalue weighted by Gasteiger charge is 2.35. The summed E-state index contributed by atoms with van der Waals surface area (Å²) >= 11 is 0. The van der Waals surface area contributed by atoms with E-state index in [0.717, 1.165) is 44.5 Å². The maximum absolute atomic E-state index is 12.5. The van der Waals surface area contributed by atoms with Gasteiger partial charge in [-0.25, -0.2) is 4.79 Å². The van der Waals surface area contributed by atoms with Crippen LogP contribution in [0.1, 0.15) is 66.7 Å². The molecule has 4 heteroatoms. The zero-order chi connectivity index (χ0) is 22.6. The lowest BCUT2D eigenvalue weighted by atomic mass is 9.76. The minimum Gasteiger partial charge on any atom is -0.449 e. The molecule has 3 aromatic rings. The second kappa shape index (κ2) is 9.70. The predicted molar refractivity (Wildman–Crippen MR) is 134 cm³/mol. The number of hydrogen-bond donors (Lipinski definition) is 1. The molecule has 4 nitrogen and oxygen atoms in total. The summed E-state index contributed by atoms with van der Waals surface area (Å²) in [4.78, 5) is 15.0. The van der Waals surface area contributed by atoms with Gasteiger partial charge in [0.25, 0.3) is 0 Å². The zero-order valence-corrected chi connectivity index (χ0v) is 19.3. The van der Waals surface area contributed by atoms with Crippen molar-refractivity contribution in [1.82, 2.24) is 0 Å². The molecule has 33 heavy (non-hydrogen) atoms. The Bertz CT molecular complexity index is 1020. The number of rotatable bonds is 6. The lowest BCUT2D eigenvalue weighted by Gasteiger charge is -2.43. The van der Waals surface area contributed by atoms with E-state index in [1.807, 2.05) is 0 Å². The third-order valence-corrected chi connectivity index (χ3v) is 6.99. The van der Waals surface area contributed by atoms with Gasteiger partial charge < -0.3 is 9.64 Å². The third-order valence-electron chi connectivity index (χ3n) is 6.99. The van der Waals surface area contributed by atoms with Crippen LogP contribution in [0.25, 0.3) is 0 Å². The summed E-state index contributed by atoms with van der Waals surface area (Å²) in [5.41, 5.74) is 7.49. The van der Waals surface area contributed by atoms with Crippen molar-refractivity contribution < 1.29 is 9.53 Å². The lowest BCUT2D eigenvalue weighted by Crippen LogP contribution is -2.37. The van der Waals surface area contributed by atoms with Gasteiger partial charge in [0.2, 0.25) is 0 Å². The van der Waals surface area contributed by atoms with Gasteiger partial charge in [0.1, 0.15) is 0 Å². The number of carbonyl (C=O) groups is 1. The molecule has 0 saturated carbocycles. The van der Waals surface area contributed by atoms with Crippen LogP contribution in [0.2, 0.25) is 0 Å². The molecule has 170 valence electrons. The second-order valence-electron chi connectivity index (χ2n) is 9.11. The Balaban J connectivity index is 1.58. The molecule has 5 rings (SSSR count). The Morgan fingerprint density at radius 1 is 0.909 bits per heavy atom. The standard InChI is InChI=1S/C29H32N2O2/c1-2-3-18-33-29(32)30-23-19-26-24(21-10-6-4-7-11-21)14-16-31-17-15-25(27(20-23)28(26)31)22-12-8-5-9-13-22/h4-13,19-20,24-25H,2-3,14-18H2,1H3,(H,30,32). The Labute approximate surface area is 196 Å². The number of anilines is 2. The fourth-order valence-electron chi connectivity index (χ4n) is 5.39. The Morgan fingerprint density at radius 3 is 1.97 bits per heavy atom. The second-order valence-corrected chi connectivity index (χ2v) is 9.11. The Kier molecular flexibility index (Phi) is 6.34. The summed E-state index contributed by atoms with van der Waals surface area (Å²) in [5, 5.41) is 3.03. The molecule has 2 atom stereocenters. The molecule has 0 radical (unpaired) electrons. The molecule has 0 fully saturated rings. The molecular weight excluding hydrogens is 408 g/mol. The first kappa shape index (κ1) is 21.6. The molecule has 0 bridgehead atoms. The molecule has 2 heterocycles. The first-order chi connectivity index (χ1) is 16.2. The van der Waals surface area contributed by atoms with Crippen molar-refractivity contribution in [3.63, 3.8) is 0 Å². The number of ether oxygens (including phenoxy) is 1. The van der Waals surface area contributed by atoms with Crippen LogP contribution in [0.5, 0.6) is 0 Å². The number of hydrogen-bond acceptors (Lipinski definition) is 3. The van der Waals surface area contributed by atoms with Crippen LogP contribution in [0.3, 0.4) is 0 Å². The van der Waals surface area contributed by atoms with E-state index in [1.54, 1.807) is 0 Å². The normalized spacial score (nSPS) is 19.0. The molecule has 0 aliphatic carbocycles. The Hall–Kier alpha value is -3.27. The van der Waals surface area contributed by atoms with Gasteiger partial charge in [-0.15, -0.1) is 0 Å². The molecule has 3 aromatic carbocycles. The smallest absolute Gasteiger partial charge is 0.411 e. The van der Waals surface area contributed by atoms with Gasteiger partial charge in [0.15, 0.2) is 0 Å². The van der Waals surface area contributed by atoms with E-state index in [0.29, 0.717) is 18.4 Å². The highest BCUT2D eigenvalue weighted by Crippen LogP contribution is 2.49. The van der Waals surface area contributed by atoms with E-state index >= 15 is 0 Å². The average molecular weight is 441 g/mol. The summed E-state index contributed by atoms with van der Waals surface area (Å²) in [5.74, 6) is 0.646. The van der Waals surface area contributed by atoms with Crippen LogP contribution in [0.15, 0.2) is 72.8 Å². The zero-order valence-electron chi connectivity index (χ0n) is 19.3. The molecule has 1 N–H and O–H groups in total. The fraction of sp³-hybridized carbons (Fsp3) is 0.345. The largest absolute Gasteiger partial charge is 0.449 e.